The second kappa shape index (κ2) is 5.51. The number of hydrogen-bond donors (Lipinski definition) is 0. The highest BCUT2D eigenvalue weighted by atomic mass is 31.1. The Kier molecular flexibility index (Phi) is 4.60. The Morgan fingerprint density at radius 3 is 2.60 bits per heavy atom. The van der Waals surface area contributed by atoms with E-state index in [1.807, 2.05) is 6.07 Å². The first-order valence-corrected chi connectivity index (χ1v) is 7.12. The van der Waals surface area contributed by atoms with Gasteiger partial charge >= 0.3 is 0 Å². The van der Waals surface area contributed by atoms with Crippen molar-refractivity contribution >= 4 is 8.58 Å². The van der Waals surface area contributed by atoms with E-state index in [-0.39, 0.29) is 5.41 Å². The second-order valence-corrected chi connectivity index (χ2v) is 5.94. The van der Waals surface area contributed by atoms with Crippen molar-refractivity contribution in [1.29, 1.82) is 0 Å². The van der Waals surface area contributed by atoms with E-state index in [2.05, 4.69) is 45.6 Å². The summed E-state index contributed by atoms with van der Waals surface area (Å²) in [6.45, 7) is 9.70. The van der Waals surface area contributed by atoms with Crippen molar-refractivity contribution in [1.82, 2.24) is 0 Å². The van der Waals surface area contributed by atoms with Crippen LogP contribution in [-0.4, -0.2) is 19.4 Å². The first-order valence-electron chi connectivity index (χ1n) is 5.42. The molecule has 1 nitrogen and oxygen atoms in total. The summed E-state index contributed by atoms with van der Waals surface area (Å²) in [5, 5.41) is 0. The van der Waals surface area contributed by atoms with Crippen molar-refractivity contribution in [2.45, 2.75) is 26.2 Å². The molecule has 15 heavy (non-hydrogen) atoms. The number of benzene rings is 1. The smallest absolute Gasteiger partial charge is 0.119 e. The minimum Gasteiger partial charge on any atom is -0.493 e. The molecule has 0 saturated heterocycles. The Morgan fingerprint density at radius 2 is 2.00 bits per heavy atom. The molecule has 0 spiro atoms. The normalized spacial score (nSPS) is 12.3. The zero-order valence-corrected chi connectivity index (χ0v) is 11.1. The van der Waals surface area contributed by atoms with E-state index in [1.54, 1.807) is 0 Å². The number of hydrogen-bond acceptors (Lipinski definition) is 1. The van der Waals surface area contributed by atoms with Gasteiger partial charge in [-0.05, 0) is 35.9 Å². The standard InChI is InChI=1S/C13H21OP/c1-13(2,3)11-6-5-7-12(10-11)14-8-9-15-4/h5-7,10,15H,8-9H2,1-4H3. The largest absolute Gasteiger partial charge is 0.493 e. The topological polar surface area (TPSA) is 9.23 Å². The lowest BCUT2D eigenvalue weighted by Gasteiger charge is -2.19. The monoisotopic (exact) mass is 224 g/mol. The Balaban J connectivity index is 2.66. The van der Waals surface area contributed by atoms with Crippen LogP contribution < -0.4 is 4.74 Å². The van der Waals surface area contributed by atoms with Crippen LogP contribution in [-0.2, 0) is 5.41 Å². The minimum absolute atomic E-state index is 0.200. The predicted octanol–water partition coefficient (Wildman–Crippen LogP) is 3.67. The molecule has 0 aliphatic carbocycles. The highest BCUT2D eigenvalue weighted by Crippen LogP contribution is 2.25. The highest BCUT2D eigenvalue weighted by molar-refractivity contribution is 7.37. The van der Waals surface area contributed by atoms with Crippen molar-refractivity contribution < 1.29 is 4.74 Å². The Morgan fingerprint density at radius 1 is 1.27 bits per heavy atom. The average molecular weight is 224 g/mol. The van der Waals surface area contributed by atoms with Gasteiger partial charge in [0.2, 0.25) is 0 Å². The average Bonchev–Trinajstić information content (AvgIpc) is 2.17. The van der Waals surface area contributed by atoms with E-state index >= 15 is 0 Å². The third-order valence-corrected chi connectivity index (χ3v) is 3.02. The van der Waals surface area contributed by atoms with Crippen LogP contribution in [0.25, 0.3) is 0 Å². The van der Waals surface area contributed by atoms with Crippen LogP contribution in [0, 0.1) is 0 Å². The van der Waals surface area contributed by atoms with E-state index in [4.69, 9.17) is 4.74 Å². The molecule has 1 aromatic carbocycles. The first-order chi connectivity index (χ1) is 7.04. The molecular weight excluding hydrogens is 203 g/mol. The van der Waals surface area contributed by atoms with Gasteiger partial charge in [-0.15, -0.1) is 8.58 Å². The maximum Gasteiger partial charge on any atom is 0.119 e. The third kappa shape index (κ3) is 4.22. The van der Waals surface area contributed by atoms with E-state index in [9.17, 15) is 0 Å². The van der Waals surface area contributed by atoms with E-state index in [0.29, 0.717) is 0 Å². The molecule has 2 heteroatoms. The molecule has 0 fully saturated rings. The fourth-order valence-electron chi connectivity index (χ4n) is 1.32. The molecule has 0 bridgehead atoms. The molecule has 0 aliphatic heterocycles. The van der Waals surface area contributed by atoms with Crippen molar-refractivity contribution in [3.05, 3.63) is 29.8 Å². The van der Waals surface area contributed by atoms with E-state index < -0.39 is 0 Å². The fourth-order valence-corrected chi connectivity index (χ4v) is 1.63. The maximum atomic E-state index is 5.69. The quantitative estimate of drug-likeness (QED) is 0.560. The molecule has 84 valence electrons. The van der Waals surface area contributed by atoms with Crippen molar-refractivity contribution in [2.24, 2.45) is 0 Å². The van der Waals surface area contributed by atoms with Crippen LogP contribution >= 0.6 is 8.58 Å². The summed E-state index contributed by atoms with van der Waals surface area (Å²) >= 11 is 0. The van der Waals surface area contributed by atoms with Gasteiger partial charge < -0.3 is 4.74 Å². The summed E-state index contributed by atoms with van der Waals surface area (Å²) in [7, 11) is 0.971. The molecule has 0 radical (unpaired) electrons. The van der Waals surface area contributed by atoms with Crippen LogP contribution in [0.2, 0.25) is 0 Å². The van der Waals surface area contributed by atoms with Crippen LogP contribution in [0.3, 0.4) is 0 Å². The first kappa shape index (κ1) is 12.5. The summed E-state index contributed by atoms with van der Waals surface area (Å²) in [6.07, 6.45) is 1.15. The van der Waals surface area contributed by atoms with Gasteiger partial charge in [0.05, 0.1) is 6.61 Å². The molecule has 0 saturated carbocycles. The van der Waals surface area contributed by atoms with Gasteiger partial charge in [-0.2, -0.15) is 0 Å². The van der Waals surface area contributed by atoms with Gasteiger partial charge in [-0.3, -0.25) is 0 Å². The molecule has 0 aromatic heterocycles. The van der Waals surface area contributed by atoms with Gasteiger partial charge in [-0.1, -0.05) is 32.9 Å². The molecule has 0 heterocycles. The number of ether oxygens (including phenoxy) is 1. The van der Waals surface area contributed by atoms with Gasteiger partial charge in [0.25, 0.3) is 0 Å². The highest BCUT2D eigenvalue weighted by Gasteiger charge is 2.13. The third-order valence-electron chi connectivity index (χ3n) is 2.32. The minimum atomic E-state index is 0.200. The molecule has 1 rings (SSSR count). The van der Waals surface area contributed by atoms with Gasteiger partial charge in [-0.25, -0.2) is 0 Å². The molecule has 1 aromatic rings. The Bertz CT molecular complexity index is 302. The predicted molar refractivity (Wildman–Crippen MR) is 69.7 cm³/mol. The molecule has 0 aliphatic rings. The SMILES string of the molecule is CPCCOc1cccc(C(C)(C)C)c1. The van der Waals surface area contributed by atoms with Gasteiger partial charge in [0, 0.05) is 0 Å². The van der Waals surface area contributed by atoms with E-state index in [0.717, 1.165) is 27.1 Å². The van der Waals surface area contributed by atoms with Crippen LogP contribution in [0.4, 0.5) is 0 Å². The lowest BCUT2D eigenvalue weighted by atomic mass is 9.87. The molecule has 1 atom stereocenters. The van der Waals surface area contributed by atoms with Crippen molar-refractivity contribution in [3.8, 4) is 5.75 Å². The second-order valence-electron chi connectivity index (χ2n) is 4.73. The van der Waals surface area contributed by atoms with E-state index in [1.165, 1.54) is 5.56 Å². The van der Waals surface area contributed by atoms with Crippen molar-refractivity contribution in [2.75, 3.05) is 19.4 Å². The Labute approximate surface area is 95.0 Å². The lowest BCUT2D eigenvalue weighted by Crippen LogP contribution is -2.11. The zero-order chi connectivity index (χ0) is 11.3. The Hall–Kier alpha value is -0.550. The molecule has 0 amide bonds. The van der Waals surface area contributed by atoms with Crippen LogP contribution in [0.1, 0.15) is 26.3 Å². The van der Waals surface area contributed by atoms with Gasteiger partial charge in [0.1, 0.15) is 5.75 Å². The number of rotatable bonds is 4. The van der Waals surface area contributed by atoms with Gasteiger partial charge in [0.15, 0.2) is 0 Å². The summed E-state index contributed by atoms with van der Waals surface area (Å²) in [4.78, 5) is 0. The maximum absolute atomic E-state index is 5.69. The van der Waals surface area contributed by atoms with Crippen LogP contribution in [0.5, 0.6) is 5.75 Å². The summed E-state index contributed by atoms with van der Waals surface area (Å²) in [5.74, 6) is 1.00. The zero-order valence-electron chi connectivity index (χ0n) is 10.1. The molecule has 1 unspecified atom stereocenters. The summed E-state index contributed by atoms with van der Waals surface area (Å²) in [5.41, 5.74) is 1.53. The molecular formula is C13H21OP. The van der Waals surface area contributed by atoms with Crippen molar-refractivity contribution in [3.63, 3.8) is 0 Å². The summed E-state index contributed by atoms with van der Waals surface area (Å²) < 4.78 is 5.69. The lowest BCUT2D eigenvalue weighted by molar-refractivity contribution is 0.342. The van der Waals surface area contributed by atoms with Crippen LogP contribution in [0.15, 0.2) is 24.3 Å². The molecule has 0 N–H and O–H groups in total. The fraction of sp³-hybridized carbons (Fsp3) is 0.538. The summed E-state index contributed by atoms with van der Waals surface area (Å²) in [6, 6.07) is 8.42.